The van der Waals surface area contributed by atoms with Crippen LogP contribution in [0.5, 0.6) is 0 Å². The number of nitriles is 1. The number of aromatic nitrogens is 2. The number of thioether (sulfide) groups is 1. The Morgan fingerprint density at radius 2 is 2.00 bits per heavy atom. The summed E-state index contributed by atoms with van der Waals surface area (Å²) in [5.74, 6) is -0.970. The number of rotatable bonds is 4. The molecular weight excluding hydrogens is 385 g/mol. The first-order valence-electron chi connectivity index (χ1n) is 6.62. The van der Waals surface area contributed by atoms with Gasteiger partial charge in [-0.1, -0.05) is 36.0 Å². The summed E-state index contributed by atoms with van der Waals surface area (Å²) in [7, 11) is 0. The minimum atomic E-state index is -0.898. The Labute approximate surface area is 163 Å². The molecule has 0 atom stereocenters. The van der Waals surface area contributed by atoms with Crippen LogP contribution in [0.1, 0.15) is 5.56 Å². The molecule has 1 heterocycles. The second kappa shape index (κ2) is 7.91. The van der Waals surface area contributed by atoms with Crippen molar-refractivity contribution in [1.29, 1.82) is 5.26 Å². The first kappa shape index (κ1) is 18.6. The summed E-state index contributed by atoms with van der Waals surface area (Å²) in [4.78, 5) is 15.1. The van der Waals surface area contributed by atoms with E-state index in [1.807, 2.05) is 34.9 Å². The summed E-state index contributed by atoms with van der Waals surface area (Å²) >= 11 is 4.60. The van der Waals surface area contributed by atoms with Crippen LogP contribution in [0.2, 0.25) is 0 Å². The molecule has 0 amide bonds. The van der Waals surface area contributed by atoms with Crippen molar-refractivity contribution in [3.63, 3.8) is 0 Å². The van der Waals surface area contributed by atoms with Gasteiger partial charge in [0.05, 0.1) is 29.3 Å². The van der Waals surface area contributed by atoms with Gasteiger partial charge in [-0.25, -0.2) is 4.98 Å². The molecule has 5 nitrogen and oxygen atoms in total. The number of carboxylic acid groups (broad SMARTS) is 1. The first-order chi connectivity index (χ1) is 11.1. The van der Waals surface area contributed by atoms with E-state index in [9.17, 15) is 10.1 Å². The topological polar surface area (TPSA) is 78.9 Å². The summed E-state index contributed by atoms with van der Waals surface area (Å²) in [6.07, 6.45) is 1.64. The van der Waals surface area contributed by atoms with E-state index in [1.54, 1.807) is 12.3 Å². The van der Waals surface area contributed by atoms with Gasteiger partial charge in [0.25, 0.3) is 0 Å². The van der Waals surface area contributed by atoms with Gasteiger partial charge in [-0.15, -0.1) is 0 Å². The van der Waals surface area contributed by atoms with Gasteiger partial charge >= 0.3 is 24.8 Å². The van der Waals surface area contributed by atoms with E-state index in [-0.39, 0.29) is 24.6 Å². The zero-order valence-electron chi connectivity index (χ0n) is 11.7. The van der Waals surface area contributed by atoms with Gasteiger partial charge in [0.1, 0.15) is 4.60 Å². The Bertz CT molecular complexity index is 952. The van der Waals surface area contributed by atoms with Crippen LogP contribution in [0.3, 0.4) is 0 Å². The summed E-state index contributed by atoms with van der Waals surface area (Å²) in [5.41, 5.74) is 1.44. The van der Waals surface area contributed by atoms with Gasteiger partial charge in [0, 0.05) is 10.8 Å². The van der Waals surface area contributed by atoms with Crippen molar-refractivity contribution in [3.8, 4) is 11.8 Å². The number of benzene rings is 2. The number of hydrogen-bond donors (Lipinski definition) is 1. The van der Waals surface area contributed by atoms with Crippen LogP contribution >= 0.6 is 27.7 Å². The quantitative estimate of drug-likeness (QED) is 0.542. The molecule has 0 spiro atoms. The molecule has 1 N–H and O–H groups in total. The van der Waals surface area contributed by atoms with Crippen LogP contribution in [0.4, 0.5) is 0 Å². The standard InChI is InChI=1S/C16H10BrN3O2S.Li.H/c17-14-8-19-16(23-9-15(21)22)20(14)13-6-5-10(7-18)11-3-1-2-4-12(11)13;;/h1-6,8H,9H2,(H,21,22);;. The number of nitrogens with zero attached hydrogens (tertiary/aromatic N) is 3. The summed E-state index contributed by atoms with van der Waals surface area (Å²) < 4.78 is 2.57. The monoisotopic (exact) mass is 395 g/mol. The first-order valence-corrected chi connectivity index (χ1v) is 8.39. The van der Waals surface area contributed by atoms with Crippen LogP contribution in [0.25, 0.3) is 16.5 Å². The minimum absolute atomic E-state index is 0. The molecule has 0 fully saturated rings. The number of carbonyl (C=O) groups is 1. The number of fused-ring (bicyclic) bond motifs is 1. The van der Waals surface area contributed by atoms with Crippen molar-refractivity contribution >= 4 is 63.3 Å². The number of aliphatic carboxylic acids is 1. The van der Waals surface area contributed by atoms with E-state index in [0.717, 1.165) is 32.8 Å². The zero-order chi connectivity index (χ0) is 16.4. The predicted molar refractivity (Wildman–Crippen MR) is 99.0 cm³/mol. The summed E-state index contributed by atoms with van der Waals surface area (Å²) in [6.45, 7) is 0. The average Bonchev–Trinajstić information content (AvgIpc) is 2.92. The molecule has 0 radical (unpaired) electrons. The third kappa shape index (κ3) is 3.53. The molecule has 0 unspecified atom stereocenters. The van der Waals surface area contributed by atoms with Crippen molar-refractivity contribution in [3.05, 3.63) is 52.8 Å². The van der Waals surface area contributed by atoms with E-state index >= 15 is 0 Å². The summed E-state index contributed by atoms with van der Waals surface area (Å²) in [6, 6.07) is 13.4. The van der Waals surface area contributed by atoms with Crippen molar-refractivity contribution in [1.82, 2.24) is 9.55 Å². The number of hydrogen-bond acceptors (Lipinski definition) is 4. The fourth-order valence-corrected chi connectivity index (χ4v) is 3.62. The second-order valence-electron chi connectivity index (χ2n) is 4.67. The Morgan fingerprint density at radius 3 is 2.67 bits per heavy atom. The molecule has 0 bridgehead atoms. The molecule has 8 heteroatoms. The maximum absolute atomic E-state index is 10.8. The van der Waals surface area contributed by atoms with Crippen molar-refractivity contribution in [2.24, 2.45) is 0 Å². The molecule has 2 aromatic carbocycles. The summed E-state index contributed by atoms with van der Waals surface area (Å²) in [5, 5.41) is 20.5. The van der Waals surface area contributed by atoms with Crippen molar-refractivity contribution in [2.75, 3.05) is 5.75 Å². The van der Waals surface area contributed by atoms with Crippen LogP contribution < -0.4 is 0 Å². The molecule has 0 saturated heterocycles. The fraction of sp³-hybridized carbons (Fsp3) is 0.0625. The Hall–Kier alpha value is -1.70. The molecular formula is C16H11BrLiN3O2S. The van der Waals surface area contributed by atoms with Gasteiger partial charge in [-0.3, -0.25) is 9.36 Å². The van der Waals surface area contributed by atoms with Crippen LogP contribution in [0.15, 0.2) is 52.4 Å². The van der Waals surface area contributed by atoms with E-state index in [4.69, 9.17) is 5.11 Å². The van der Waals surface area contributed by atoms with Gasteiger partial charge in [0.15, 0.2) is 5.16 Å². The van der Waals surface area contributed by atoms with Gasteiger partial charge in [0.2, 0.25) is 0 Å². The number of carboxylic acids is 1. The van der Waals surface area contributed by atoms with Crippen LogP contribution in [-0.4, -0.2) is 45.2 Å². The van der Waals surface area contributed by atoms with Crippen molar-refractivity contribution in [2.45, 2.75) is 5.16 Å². The second-order valence-corrected chi connectivity index (χ2v) is 6.43. The number of halogens is 1. The molecule has 0 aliphatic carbocycles. The van der Waals surface area contributed by atoms with Gasteiger partial charge in [-0.05, 0) is 28.1 Å². The van der Waals surface area contributed by atoms with E-state index in [1.165, 1.54) is 0 Å². The molecule has 1 aromatic heterocycles. The Kier molecular flexibility index (Phi) is 6.14. The zero-order valence-corrected chi connectivity index (χ0v) is 14.1. The third-order valence-corrected chi connectivity index (χ3v) is 4.77. The van der Waals surface area contributed by atoms with Crippen LogP contribution in [-0.2, 0) is 4.79 Å². The van der Waals surface area contributed by atoms with E-state index in [0.29, 0.717) is 10.7 Å². The SMILES string of the molecule is N#Cc1ccc(-n2c(Br)cnc2SCC(=O)O)c2ccccc12.[LiH]. The molecule has 3 rings (SSSR count). The normalized spacial score (nSPS) is 10.2. The Morgan fingerprint density at radius 1 is 1.29 bits per heavy atom. The third-order valence-electron chi connectivity index (χ3n) is 3.27. The Balaban J connectivity index is 0.00000208. The predicted octanol–water partition coefficient (Wildman–Crippen LogP) is 3.19. The van der Waals surface area contributed by atoms with E-state index in [2.05, 4.69) is 27.0 Å². The fourth-order valence-electron chi connectivity index (χ4n) is 2.34. The van der Waals surface area contributed by atoms with E-state index < -0.39 is 5.97 Å². The molecule has 116 valence electrons. The van der Waals surface area contributed by atoms with Crippen LogP contribution in [0, 0.1) is 11.3 Å². The van der Waals surface area contributed by atoms with Crippen molar-refractivity contribution < 1.29 is 9.90 Å². The molecule has 0 saturated carbocycles. The molecule has 0 aliphatic rings. The van der Waals surface area contributed by atoms with Gasteiger partial charge < -0.3 is 5.11 Å². The molecule has 24 heavy (non-hydrogen) atoms. The average molecular weight is 396 g/mol. The van der Waals surface area contributed by atoms with Gasteiger partial charge in [-0.2, -0.15) is 5.26 Å². The maximum atomic E-state index is 10.8. The molecule has 3 aromatic rings. The number of imidazole rings is 1. The molecule has 0 aliphatic heterocycles.